The predicted octanol–water partition coefficient (Wildman–Crippen LogP) is 4.81. The number of nitrogens with zero attached hydrogens (tertiary/aromatic N) is 2. The van der Waals surface area contributed by atoms with Crippen molar-refractivity contribution in [3.63, 3.8) is 0 Å². The molecule has 1 aromatic carbocycles. The van der Waals surface area contributed by atoms with Crippen molar-refractivity contribution in [3.05, 3.63) is 58.2 Å². The van der Waals surface area contributed by atoms with Gasteiger partial charge in [-0.15, -0.1) is 0 Å². The molecule has 0 radical (unpaired) electrons. The van der Waals surface area contributed by atoms with Crippen molar-refractivity contribution >= 4 is 27.7 Å². The fraction of sp³-hybridized carbons (Fsp3) is 0.333. The Morgan fingerprint density at radius 2 is 1.77 bits per heavy atom. The highest BCUT2D eigenvalue weighted by Gasteiger charge is 2.19. The number of pyridine rings is 1. The number of carbonyl (C=O) groups is 1. The first-order chi connectivity index (χ1) is 10.3. The molecule has 0 N–H and O–H groups in total. The summed E-state index contributed by atoms with van der Waals surface area (Å²) in [7, 11) is 0. The topological polar surface area (TPSA) is 33.2 Å². The molecule has 1 amide bonds. The summed E-state index contributed by atoms with van der Waals surface area (Å²) in [5.41, 5.74) is 1.98. The first kappa shape index (κ1) is 16.7. The van der Waals surface area contributed by atoms with Gasteiger partial charge in [-0.3, -0.25) is 9.69 Å². The van der Waals surface area contributed by atoms with Gasteiger partial charge in [0.1, 0.15) is 5.82 Å². The molecule has 0 spiro atoms. The van der Waals surface area contributed by atoms with E-state index in [0.29, 0.717) is 17.9 Å². The van der Waals surface area contributed by atoms with Crippen molar-refractivity contribution in [3.8, 4) is 0 Å². The van der Waals surface area contributed by atoms with Crippen LogP contribution in [-0.4, -0.2) is 17.4 Å². The van der Waals surface area contributed by atoms with Crippen molar-refractivity contribution < 1.29 is 4.79 Å². The van der Waals surface area contributed by atoms with E-state index in [2.05, 4.69) is 41.7 Å². The van der Waals surface area contributed by atoms with Crippen molar-refractivity contribution in [1.82, 2.24) is 4.98 Å². The molecule has 2 rings (SSSR count). The molecule has 0 saturated carbocycles. The highest BCUT2D eigenvalue weighted by Crippen LogP contribution is 2.23. The Kier molecular flexibility index (Phi) is 5.01. The second-order valence-corrected chi connectivity index (χ2v) is 7.13. The summed E-state index contributed by atoms with van der Waals surface area (Å²) in [4.78, 5) is 18.7. The minimum atomic E-state index is -0.0298. The fourth-order valence-corrected chi connectivity index (χ4v) is 2.44. The van der Waals surface area contributed by atoms with Crippen LogP contribution in [0.25, 0.3) is 0 Å². The van der Waals surface area contributed by atoms with E-state index in [0.717, 1.165) is 4.47 Å². The first-order valence-corrected chi connectivity index (χ1v) is 8.16. The Hall–Kier alpha value is -1.68. The van der Waals surface area contributed by atoms with E-state index in [1.54, 1.807) is 11.1 Å². The molecular formula is C18H21BrN2O. The SMILES string of the molecule is CCN(C(=O)c1ccc(C(C)(C)C)cc1)c1ccc(Br)cn1. The van der Waals surface area contributed by atoms with Crippen molar-refractivity contribution in [2.24, 2.45) is 0 Å². The highest BCUT2D eigenvalue weighted by atomic mass is 79.9. The van der Waals surface area contributed by atoms with Gasteiger partial charge in [0.15, 0.2) is 0 Å². The van der Waals surface area contributed by atoms with E-state index in [1.165, 1.54) is 5.56 Å². The number of halogens is 1. The average molecular weight is 361 g/mol. The molecule has 116 valence electrons. The predicted molar refractivity (Wildman–Crippen MR) is 94.4 cm³/mol. The summed E-state index contributed by atoms with van der Waals surface area (Å²) in [6.07, 6.45) is 1.70. The van der Waals surface area contributed by atoms with Gasteiger partial charge in [0.05, 0.1) is 0 Å². The third kappa shape index (κ3) is 3.74. The van der Waals surface area contributed by atoms with Crippen LogP contribution in [0.15, 0.2) is 47.1 Å². The Morgan fingerprint density at radius 1 is 1.14 bits per heavy atom. The van der Waals surface area contributed by atoms with Gasteiger partial charge in [0, 0.05) is 22.8 Å². The summed E-state index contributed by atoms with van der Waals surface area (Å²) in [6.45, 7) is 9.01. The van der Waals surface area contributed by atoms with Gasteiger partial charge >= 0.3 is 0 Å². The first-order valence-electron chi connectivity index (χ1n) is 7.37. The molecule has 0 saturated heterocycles. The lowest BCUT2D eigenvalue weighted by atomic mass is 9.86. The summed E-state index contributed by atoms with van der Waals surface area (Å²) < 4.78 is 0.897. The number of hydrogen-bond acceptors (Lipinski definition) is 2. The van der Waals surface area contributed by atoms with Gasteiger partial charge in [-0.25, -0.2) is 4.98 Å². The van der Waals surface area contributed by atoms with Crippen LogP contribution < -0.4 is 4.90 Å². The molecule has 0 atom stereocenters. The van der Waals surface area contributed by atoms with Crippen molar-refractivity contribution in [2.45, 2.75) is 33.1 Å². The summed E-state index contributed by atoms with van der Waals surface area (Å²) >= 11 is 3.36. The Bertz CT molecular complexity index is 642. The third-order valence-corrected chi connectivity index (χ3v) is 4.02. The van der Waals surface area contributed by atoms with E-state index in [9.17, 15) is 4.79 Å². The third-order valence-electron chi connectivity index (χ3n) is 3.55. The Morgan fingerprint density at radius 3 is 2.23 bits per heavy atom. The van der Waals surface area contributed by atoms with Crippen molar-refractivity contribution in [2.75, 3.05) is 11.4 Å². The maximum atomic E-state index is 12.7. The summed E-state index contributed by atoms with van der Waals surface area (Å²) in [5.74, 6) is 0.633. The van der Waals surface area contributed by atoms with Gasteiger partial charge in [-0.1, -0.05) is 32.9 Å². The van der Waals surface area contributed by atoms with Gasteiger partial charge in [0.25, 0.3) is 5.91 Å². The van der Waals surface area contributed by atoms with Crippen LogP contribution in [-0.2, 0) is 5.41 Å². The molecule has 0 aliphatic carbocycles. The molecule has 0 unspecified atom stereocenters. The average Bonchev–Trinajstić information content (AvgIpc) is 2.49. The van der Waals surface area contributed by atoms with Gasteiger partial charge in [-0.05, 0) is 58.1 Å². The number of aromatic nitrogens is 1. The van der Waals surface area contributed by atoms with E-state index in [1.807, 2.05) is 43.3 Å². The zero-order chi connectivity index (χ0) is 16.3. The lowest BCUT2D eigenvalue weighted by molar-refractivity contribution is 0.0987. The number of carbonyl (C=O) groups excluding carboxylic acids is 1. The number of rotatable bonds is 3. The van der Waals surface area contributed by atoms with E-state index >= 15 is 0 Å². The van der Waals surface area contributed by atoms with Crippen LogP contribution in [0, 0.1) is 0 Å². The fourth-order valence-electron chi connectivity index (χ4n) is 2.21. The minimum Gasteiger partial charge on any atom is -0.293 e. The monoisotopic (exact) mass is 360 g/mol. The zero-order valence-electron chi connectivity index (χ0n) is 13.4. The standard InChI is InChI=1S/C18H21BrN2O/c1-5-21(16-11-10-15(19)12-20-16)17(22)13-6-8-14(9-7-13)18(2,3)4/h6-12H,5H2,1-4H3. The van der Waals surface area contributed by atoms with Gasteiger partial charge < -0.3 is 0 Å². The van der Waals surface area contributed by atoms with Crippen LogP contribution in [0.5, 0.6) is 0 Å². The second kappa shape index (κ2) is 6.61. The Balaban J connectivity index is 2.27. The van der Waals surface area contributed by atoms with Crippen LogP contribution in [0.4, 0.5) is 5.82 Å². The summed E-state index contributed by atoms with van der Waals surface area (Å²) in [6, 6.07) is 11.6. The van der Waals surface area contributed by atoms with E-state index in [4.69, 9.17) is 0 Å². The van der Waals surface area contributed by atoms with Crippen LogP contribution in [0.1, 0.15) is 43.6 Å². The maximum absolute atomic E-state index is 12.7. The number of hydrogen-bond donors (Lipinski definition) is 0. The van der Waals surface area contributed by atoms with Crippen molar-refractivity contribution in [1.29, 1.82) is 0 Å². The van der Waals surface area contributed by atoms with Crippen LogP contribution in [0.2, 0.25) is 0 Å². The molecule has 1 aromatic heterocycles. The maximum Gasteiger partial charge on any atom is 0.259 e. The minimum absolute atomic E-state index is 0.0298. The quantitative estimate of drug-likeness (QED) is 0.786. The molecule has 3 nitrogen and oxygen atoms in total. The van der Waals surface area contributed by atoms with Crippen LogP contribution in [0.3, 0.4) is 0 Å². The smallest absolute Gasteiger partial charge is 0.259 e. The molecule has 0 aliphatic heterocycles. The van der Waals surface area contributed by atoms with Gasteiger partial charge in [-0.2, -0.15) is 0 Å². The lowest BCUT2D eigenvalue weighted by Gasteiger charge is -2.22. The summed E-state index contributed by atoms with van der Waals surface area (Å²) in [5, 5.41) is 0. The van der Waals surface area contributed by atoms with E-state index < -0.39 is 0 Å². The number of amides is 1. The Labute approximate surface area is 140 Å². The molecule has 1 heterocycles. The zero-order valence-corrected chi connectivity index (χ0v) is 15.0. The largest absolute Gasteiger partial charge is 0.293 e. The normalized spacial score (nSPS) is 11.3. The van der Waals surface area contributed by atoms with Crippen LogP contribution >= 0.6 is 15.9 Å². The molecule has 4 heteroatoms. The molecular weight excluding hydrogens is 340 g/mol. The van der Waals surface area contributed by atoms with Gasteiger partial charge in [0.2, 0.25) is 0 Å². The molecule has 0 bridgehead atoms. The highest BCUT2D eigenvalue weighted by molar-refractivity contribution is 9.10. The molecule has 2 aromatic rings. The molecule has 0 aliphatic rings. The lowest BCUT2D eigenvalue weighted by Crippen LogP contribution is -2.31. The number of anilines is 1. The molecule has 0 fully saturated rings. The van der Waals surface area contributed by atoms with E-state index in [-0.39, 0.29) is 11.3 Å². The molecule has 22 heavy (non-hydrogen) atoms. The second-order valence-electron chi connectivity index (χ2n) is 6.21. The number of benzene rings is 1.